The summed E-state index contributed by atoms with van der Waals surface area (Å²) in [5.74, 6) is 1.43. The third-order valence-electron chi connectivity index (χ3n) is 6.46. The van der Waals surface area contributed by atoms with E-state index < -0.39 is 0 Å². The number of hydrogen-bond donors (Lipinski definition) is 3. The number of nitrogens with zero attached hydrogens (tertiary/aromatic N) is 2. The van der Waals surface area contributed by atoms with Crippen molar-refractivity contribution in [3.05, 3.63) is 71.4 Å². The Morgan fingerprint density at radius 1 is 1.03 bits per heavy atom. The Morgan fingerprint density at radius 3 is 2.54 bits per heavy atom. The van der Waals surface area contributed by atoms with Crippen LogP contribution in [0, 0.1) is 6.92 Å². The number of nitrogens with two attached hydrogens (primary N) is 1. The molecule has 6 nitrogen and oxygen atoms in total. The monoisotopic (exact) mass is 535 g/mol. The second-order valence-electron chi connectivity index (χ2n) is 8.95. The lowest BCUT2D eigenvalue weighted by molar-refractivity contribution is 0.419. The Balaban J connectivity index is 0.00000156. The number of hydrogen-bond acceptors (Lipinski definition) is 7. The number of ether oxygens (including phenoxy) is 1. The molecule has 1 fully saturated rings. The minimum absolute atomic E-state index is 0.456. The highest BCUT2D eigenvalue weighted by Gasteiger charge is 2.16. The van der Waals surface area contributed by atoms with Crippen LogP contribution >= 0.6 is 23.5 Å². The number of aromatic nitrogens is 2. The van der Waals surface area contributed by atoms with Gasteiger partial charge in [0.1, 0.15) is 11.3 Å². The molecule has 0 saturated heterocycles. The predicted molar refractivity (Wildman–Crippen MR) is 158 cm³/mol. The van der Waals surface area contributed by atoms with Crippen LogP contribution in [0.25, 0.3) is 22.0 Å². The summed E-state index contributed by atoms with van der Waals surface area (Å²) in [7, 11) is 3.20. The topological polar surface area (TPSA) is 85.1 Å². The first-order valence-corrected chi connectivity index (χ1v) is 13.8. The third-order valence-corrected chi connectivity index (χ3v) is 7.81. The first-order valence-electron chi connectivity index (χ1n) is 12.6. The van der Waals surface area contributed by atoms with Crippen molar-refractivity contribution in [1.29, 1.82) is 0 Å². The Kier molecular flexibility index (Phi) is 9.50. The van der Waals surface area contributed by atoms with E-state index in [0.29, 0.717) is 12.0 Å². The summed E-state index contributed by atoms with van der Waals surface area (Å²) in [6.45, 7) is 2.12. The van der Waals surface area contributed by atoms with E-state index >= 15 is 0 Å². The highest BCUT2D eigenvalue weighted by Crippen LogP contribution is 2.35. The standard InChI is InChI=1S/C28H29ClN4OS.CH5N/c1-18-14-22(33-35-26-11-7-6-10-24(26)29)12-13-23(18)19-15-20-17-30-28(31-21-8-4-3-5-9-21)32-27(20)25(16-19)34-2;1-2/h6-7,10-17,21,33H,3-5,8-9H2,1-2H3,(H,30,31,32);2H2,1H3. The lowest BCUT2D eigenvalue weighted by atomic mass is 9.96. The van der Waals surface area contributed by atoms with E-state index in [1.54, 1.807) is 7.11 Å². The lowest BCUT2D eigenvalue weighted by Gasteiger charge is -2.22. The number of nitrogens with one attached hydrogen (secondary N) is 2. The maximum atomic E-state index is 6.27. The smallest absolute Gasteiger partial charge is 0.223 e. The molecule has 4 aromatic rings. The fourth-order valence-corrected chi connectivity index (χ4v) is 5.53. The van der Waals surface area contributed by atoms with Crippen LogP contribution in [0.2, 0.25) is 5.02 Å². The van der Waals surface area contributed by atoms with Gasteiger partial charge in [0.2, 0.25) is 5.95 Å². The summed E-state index contributed by atoms with van der Waals surface area (Å²) < 4.78 is 9.14. The van der Waals surface area contributed by atoms with Crippen LogP contribution < -0.4 is 20.5 Å². The number of fused-ring (bicyclic) bond motifs is 1. The zero-order valence-electron chi connectivity index (χ0n) is 21.6. The molecule has 1 heterocycles. The molecule has 0 bridgehead atoms. The summed E-state index contributed by atoms with van der Waals surface area (Å²) >= 11 is 7.78. The summed E-state index contributed by atoms with van der Waals surface area (Å²) in [5, 5.41) is 5.22. The average Bonchev–Trinajstić information content (AvgIpc) is 2.94. The molecule has 5 rings (SSSR count). The highest BCUT2D eigenvalue weighted by atomic mass is 35.5. The molecule has 1 saturated carbocycles. The van der Waals surface area contributed by atoms with E-state index in [9.17, 15) is 0 Å². The maximum Gasteiger partial charge on any atom is 0.223 e. The van der Waals surface area contributed by atoms with Gasteiger partial charge in [-0.15, -0.1) is 0 Å². The molecule has 194 valence electrons. The normalized spacial score (nSPS) is 13.5. The molecule has 1 aromatic heterocycles. The van der Waals surface area contributed by atoms with E-state index in [4.69, 9.17) is 21.3 Å². The fourth-order valence-electron chi connectivity index (χ4n) is 4.62. The molecule has 0 aliphatic heterocycles. The van der Waals surface area contributed by atoms with Crippen LogP contribution in [0.1, 0.15) is 37.7 Å². The SMILES string of the molecule is CN.COc1cc(-c2ccc(NSc3ccccc3Cl)cc2C)cc2cnc(NC3CCCCC3)nc12. The first-order chi connectivity index (χ1) is 18.1. The molecular formula is C29H34ClN5OS. The summed E-state index contributed by atoms with van der Waals surface area (Å²) in [6.07, 6.45) is 8.11. The molecule has 0 atom stereocenters. The van der Waals surface area contributed by atoms with Crippen molar-refractivity contribution in [1.82, 2.24) is 9.97 Å². The molecule has 37 heavy (non-hydrogen) atoms. The number of methoxy groups -OCH3 is 1. The van der Waals surface area contributed by atoms with Gasteiger partial charge in [0.25, 0.3) is 0 Å². The van der Waals surface area contributed by atoms with Crippen LogP contribution in [-0.4, -0.2) is 30.2 Å². The molecule has 8 heteroatoms. The molecule has 4 N–H and O–H groups in total. The van der Waals surface area contributed by atoms with E-state index in [1.807, 2.05) is 30.5 Å². The van der Waals surface area contributed by atoms with Crippen LogP contribution in [0.15, 0.2) is 65.7 Å². The third kappa shape index (κ3) is 6.66. The molecule has 3 aromatic carbocycles. The molecule has 0 spiro atoms. The van der Waals surface area contributed by atoms with Crippen molar-refractivity contribution < 1.29 is 4.74 Å². The van der Waals surface area contributed by atoms with Crippen molar-refractivity contribution in [3.8, 4) is 16.9 Å². The molecule has 0 unspecified atom stereocenters. The number of anilines is 2. The van der Waals surface area contributed by atoms with Gasteiger partial charge in [0, 0.05) is 28.2 Å². The highest BCUT2D eigenvalue weighted by molar-refractivity contribution is 8.00. The van der Waals surface area contributed by atoms with Gasteiger partial charge < -0.3 is 20.5 Å². The van der Waals surface area contributed by atoms with E-state index in [0.717, 1.165) is 48.9 Å². The second-order valence-corrected chi connectivity index (χ2v) is 10.2. The van der Waals surface area contributed by atoms with Crippen LogP contribution in [0.4, 0.5) is 11.6 Å². The predicted octanol–water partition coefficient (Wildman–Crippen LogP) is 7.71. The zero-order valence-corrected chi connectivity index (χ0v) is 23.1. The van der Waals surface area contributed by atoms with E-state index in [2.05, 4.69) is 58.0 Å². The van der Waals surface area contributed by atoms with Crippen molar-refractivity contribution in [2.24, 2.45) is 5.73 Å². The Labute approximate surface area is 228 Å². The molecular weight excluding hydrogens is 502 g/mol. The van der Waals surface area contributed by atoms with Crippen LogP contribution in [0.5, 0.6) is 5.75 Å². The Bertz CT molecular complexity index is 1340. The van der Waals surface area contributed by atoms with Crippen molar-refractivity contribution >= 4 is 46.1 Å². The quantitative estimate of drug-likeness (QED) is 0.209. The summed E-state index contributed by atoms with van der Waals surface area (Å²) in [5.41, 5.74) is 9.73. The largest absolute Gasteiger partial charge is 0.494 e. The minimum atomic E-state index is 0.456. The molecule has 0 radical (unpaired) electrons. The average molecular weight is 536 g/mol. The maximum absolute atomic E-state index is 6.27. The van der Waals surface area contributed by atoms with Gasteiger partial charge >= 0.3 is 0 Å². The second kappa shape index (κ2) is 13.0. The minimum Gasteiger partial charge on any atom is -0.494 e. The van der Waals surface area contributed by atoms with Gasteiger partial charge in [0.15, 0.2) is 0 Å². The van der Waals surface area contributed by atoms with E-state index in [-0.39, 0.29) is 0 Å². The Morgan fingerprint density at radius 2 is 1.81 bits per heavy atom. The van der Waals surface area contributed by atoms with Crippen molar-refractivity contribution in [2.75, 3.05) is 24.2 Å². The fraction of sp³-hybridized carbons (Fsp3) is 0.310. The number of benzene rings is 3. The summed E-state index contributed by atoms with van der Waals surface area (Å²) in [6, 6.07) is 18.8. The van der Waals surface area contributed by atoms with Crippen molar-refractivity contribution in [2.45, 2.75) is 50.0 Å². The van der Waals surface area contributed by atoms with Crippen molar-refractivity contribution in [3.63, 3.8) is 0 Å². The zero-order chi connectivity index (χ0) is 26.2. The van der Waals surface area contributed by atoms with Gasteiger partial charge in [-0.05, 0) is 91.8 Å². The van der Waals surface area contributed by atoms with Gasteiger partial charge in [0.05, 0.1) is 12.1 Å². The Hall–Kier alpha value is -3.00. The molecule has 0 amide bonds. The van der Waals surface area contributed by atoms with Crippen LogP contribution in [-0.2, 0) is 0 Å². The number of aryl methyl sites for hydroxylation is 1. The van der Waals surface area contributed by atoms with Gasteiger partial charge in [-0.2, -0.15) is 0 Å². The molecule has 1 aliphatic rings. The first kappa shape index (κ1) is 27.0. The van der Waals surface area contributed by atoms with Crippen LogP contribution in [0.3, 0.4) is 0 Å². The molecule has 1 aliphatic carbocycles. The van der Waals surface area contributed by atoms with Gasteiger partial charge in [-0.3, -0.25) is 0 Å². The number of rotatable bonds is 7. The number of halogens is 1. The van der Waals surface area contributed by atoms with E-state index in [1.165, 1.54) is 51.1 Å². The lowest BCUT2D eigenvalue weighted by Crippen LogP contribution is -2.23. The summed E-state index contributed by atoms with van der Waals surface area (Å²) in [4.78, 5) is 10.4. The van der Waals surface area contributed by atoms with Gasteiger partial charge in [-0.25, -0.2) is 9.97 Å². The van der Waals surface area contributed by atoms with Gasteiger partial charge in [-0.1, -0.05) is 49.1 Å².